The van der Waals surface area contributed by atoms with Crippen molar-refractivity contribution in [1.29, 1.82) is 0 Å². The Morgan fingerprint density at radius 1 is 1.55 bits per heavy atom. The molecule has 3 aromatic heterocycles. The average molecular weight is 290 g/mol. The van der Waals surface area contributed by atoms with Crippen molar-refractivity contribution in [2.45, 2.75) is 13.5 Å². The van der Waals surface area contributed by atoms with Gasteiger partial charge in [0.25, 0.3) is 5.91 Å². The molecule has 3 rings (SSSR count). The first-order valence-corrected chi connectivity index (χ1v) is 6.90. The third-order valence-corrected chi connectivity index (χ3v) is 4.30. The van der Waals surface area contributed by atoms with E-state index in [2.05, 4.69) is 20.3 Å². The van der Waals surface area contributed by atoms with Crippen molar-refractivity contribution in [3.63, 3.8) is 0 Å². The van der Waals surface area contributed by atoms with E-state index in [0.717, 1.165) is 15.9 Å². The zero-order valence-corrected chi connectivity index (χ0v) is 12.2. The van der Waals surface area contributed by atoms with Crippen molar-refractivity contribution in [1.82, 2.24) is 29.9 Å². The highest BCUT2D eigenvalue weighted by Crippen LogP contribution is 2.28. The summed E-state index contributed by atoms with van der Waals surface area (Å²) in [6, 6.07) is 1.90. The first kappa shape index (κ1) is 12.8. The molecule has 0 fully saturated rings. The average Bonchev–Trinajstić information content (AvgIpc) is 3.09. The van der Waals surface area contributed by atoms with E-state index in [1.807, 2.05) is 24.7 Å². The van der Waals surface area contributed by atoms with Gasteiger partial charge in [-0.1, -0.05) is 0 Å². The summed E-state index contributed by atoms with van der Waals surface area (Å²) in [7, 11) is 3.64. The molecule has 1 N–H and O–H groups in total. The van der Waals surface area contributed by atoms with E-state index >= 15 is 0 Å². The number of aromatic amines is 1. The Balaban J connectivity index is 1.86. The van der Waals surface area contributed by atoms with Gasteiger partial charge in [0, 0.05) is 19.5 Å². The highest BCUT2D eigenvalue weighted by molar-refractivity contribution is 7.20. The van der Waals surface area contributed by atoms with Crippen molar-refractivity contribution in [3.05, 3.63) is 28.8 Å². The number of thiophene rings is 1. The van der Waals surface area contributed by atoms with Crippen LogP contribution in [-0.4, -0.2) is 42.8 Å². The van der Waals surface area contributed by atoms with E-state index in [1.54, 1.807) is 11.9 Å². The quantitative estimate of drug-likeness (QED) is 0.789. The van der Waals surface area contributed by atoms with Gasteiger partial charge >= 0.3 is 0 Å². The molecule has 3 aromatic rings. The Bertz CT molecular complexity index is 722. The third-order valence-electron chi connectivity index (χ3n) is 3.11. The number of fused-ring (bicyclic) bond motifs is 1. The second-order valence-electron chi connectivity index (χ2n) is 4.63. The molecule has 0 spiro atoms. The molecular weight excluding hydrogens is 276 g/mol. The fraction of sp³-hybridized carbons (Fsp3) is 0.333. The number of nitrogens with one attached hydrogen (secondary N) is 1. The molecule has 7 nitrogen and oxygen atoms in total. The van der Waals surface area contributed by atoms with Crippen molar-refractivity contribution < 1.29 is 4.79 Å². The normalized spacial score (nSPS) is 11.2. The zero-order chi connectivity index (χ0) is 14.3. The van der Waals surface area contributed by atoms with E-state index in [4.69, 9.17) is 0 Å². The summed E-state index contributed by atoms with van der Waals surface area (Å²) in [6.45, 7) is 2.35. The maximum absolute atomic E-state index is 12.4. The lowest BCUT2D eigenvalue weighted by Crippen LogP contribution is -2.26. The molecule has 20 heavy (non-hydrogen) atoms. The van der Waals surface area contributed by atoms with Crippen molar-refractivity contribution >= 4 is 27.5 Å². The fourth-order valence-electron chi connectivity index (χ4n) is 2.10. The van der Waals surface area contributed by atoms with E-state index in [0.29, 0.717) is 17.2 Å². The van der Waals surface area contributed by atoms with Crippen LogP contribution in [0.15, 0.2) is 12.4 Å². The van der Waals surface area contributed by atoms with Crippen LogP contribution >= 0.6 is 11.3 Å². The minimum Gasteiger partial charge on any atom is -0.333 e. The molecule has 0 radical (unpaired) electrons. The van der Waals surface area contributed by atoms with Crippen LogP contribution in [0.4, 0.5) is 0 Å². The van der Waals surface area contributed by atoms with Crippen LogP contribution < -0.4 is 0 Å². The smallest absolute Gasteiger partial charge is 0.264 e. The number of carbonyl (C=O) groups excluding carboxylic acids is 1. The Morgan fingerprint density at radius 2 is 2.35 bits per heavy atom. The minimum atomic E-state index is -0.0259. The first-order valence-electron chi connectivity index (χ1n) is 6.09. The Kier molecular flexibility index (Phi) is 3.01. The van der Waals surface area contributed by atoms with Gasteiger partial charge in [0.05, 0.1) is 17.1 Å². The Labute approximate surface area is 119 Å². The lowest BCUT2D eigenvalue weighted by atomic mass is 10.3. The highest BCUT2D eigenvalue weighted by Gasteiger charge is 2.18. The number of aryl methyl sites for hydroxylation is 2. The van der Waals surface area contributed by atoms with E-state index < -0.39 is 0 Å². The van der Waals surface area contributed by atoms with Gasteiger partial charge in [-0.05, 0) is 13.0 Å². The number of carbonyl (C=O) groups is 1. The molecule has 104 valence electrons. The fourth-order valence-corrected chi connectivity index (χ4v) is 3.22. The number of hydrogen-bond acceptors (Lipinski definition) is 5. The predicted octanol–water partition coefficient (Wildman–Crippen LogP) is 1.33. The Hall–Kier alpha value is -2.22. The summed E-state index contributed by atoms with van der Waals surface area (Å²) in [5.41, 5.74) is 0.940. The standard InChI is InChI=1S/C12H14N6OS/c1-7-8-4-9(20-12(8)18(3)16-7)11(19)17(2)5-10-13-6-14-15-10/h4,6H,5H2,1-3H3,(H,13,14,15). The molecule has 0 bridgehead atoms. The van der Waals surface area contributed by atoms with Crippen LogP contribution in [0.5, 0.6) is 0 Å². The molecule has 0 aliphatic rings. The van der Waals surface area contributed by atoms with E-state index in [9.17, 15) is 4.79 Å². The lowest BCUT2D eigenvalue weighted by molar-refractivity contribution is 0.0786. The Morgan fingerprint density at radius 3 is 3.00 bits per heavy atom. The van der Waals surface area contributed by atoms with Gasteiger partial charge < -0.3 is 4.90 Å². The molecule has 0 aromatic carbocycles. The molecule has 0 unspecified atom stereocenters. The summed E-state index contributed by atoms with van der Waals surface area (Å²) < 4.78 is 1.81. The van der Waals surface area contributed by atoms with Crippen molar-refractivity contribution in [2.24, 2.45) is 7.05 Å². The lowest BCUT2D eigenvalue weighted by Gasteiger charge is -2.13. The third kappa shape index (κ3) is 2.07. The number of amides is 1. The molecule has 0 saturated heterocycles. The number of aromatic nitrogens is 5. The van der Waals surface area contributed by atoms with Crippen LogP contribution in [0.1, 0.15) is 21.2 Å². The summed E-state index contributed by atoms with van der Waals surface area (Å²) in [4.78, 5) is 19.8. The molecular formula is C12H14N6OS. The van der Waals surface area contributed by atoms with E-state index in [1.165, 1.54) is 17.7 Å². The molecule has 1 amide bonds. The molecule has 0 atom stereocenters. The van der Waals surface area contributed by atoms with Gasteiger partial charge in [-0.3, -0.25) is 14.6 Å². The largest absolute Gasteiger partial charge is 0.333 e. The summed E-state index contributed by atoms with van der Waals surface area (Å²) >= 11 is 1.46. The van der Waals surface area contributed by atoms with Crippen LogP contribution in [0.3, 0.4) is 0 Å². The zero-order valence-electron chi connectivity index (χ0n) is 11.4. The highest BCUT2D eigenvalue weighted by atomic mass is 32.1. The first-order chi connectivity index (χ1) is 9.56. The monoisotopic (exact) mass is 290 g/mol. The van der Waals surface area contributed by atoms with Crippen LogP contribution in [0, 0.1) is 6.92 Å². The maximum atomic E-state index is 12.4. The van der Waals surface area contributed by atoms with Crippen molar-refractivity contribution in [2.75, 3.05) is 7.05 Å². The van der Waals surface area contributed by atoms with Crippen LogP contribution in [-0.2, 0) is 13.6 Å². The molecule has 0 saturated carbocycles. The van der Waals surface area contributed by atoms with Crippen LogP contribution in [0.2, 0.25) is 0 Å². The van der Waals surface area contributed by atoms with Gasteiger partial charge in [-0.15, -0.1) is 11.3 Å². The van der Waals surface area contributed by atoms with E-state index in [-0.39, 0.29) is 5.91 Å². The van der Waals surface area contributed by atoms with Gasteiger partial charge in [-0.25, -0.2) is 4.98 Å². The topological polar surface area (TPSA) is 79.7 Å². The summed E-state index contributed by atoms with van der Waals surface area (Å²) in [6.07, 6.45) is 1.43. The molecule has 3 heterocycles. The molecule has 0 aliphatic carbocycles. The molecule has 8 heteroatoms. The second kappa shape index (κ2) is 4.71. The van der Waals surface area contributed by atoms with Crippen LogP contribution in [0.25, 0.3) is 10.2 Å². The number of hydrogen-bond donors (Lipinski definition) is 1. The predicted molar refractivity (Wildman–Crippen MR) is 75.5 cm³/mol. The number of rotatable bonds is 3. The minimum absolute atomic E-state index is 0.0259. The molecule has 0 aliphatic heterocycles. The van der Waals surface area contributed by atoms with Crippen molar-refractivity contribution in [3.8, 4) is 0 Å². The number of nitrogens with zero attached hydrogens (tertiary/aromatic N) is 5. The van der Waals surface area contributed by atoms with Gasteiger partial charge in [-0.2, -0.15) is 10.2 Å². The SMILES string of the molecule is Cc1nn(C)c2sc(C(=O)N(C)Cc3ncn[nH]3)cc12. The number of H-pyrrole nitrogens is 1. The van der Waals surface area contributed by atoms with Gasteiger partial charge in [0.1, 0.15) is 17.0 Å². The van der Waals surface area contributed by atoms with Gasteiger partial charge in [0.15, 0.2) is 0 Å². The maximum Gasteiger partial charge on any atom is 0.264 e. The second-order valence-corrected chi connectivity index (χ2v) is 5.66. The summed E-state index contributed by atoms with van der Waals surface area (Å²) in [5.74, 6) is 0.641. The summed E-state index contributed by atoms with van der Waals surface area (Å²) in [5, 5.41) is 11.9. The van der Waals surface area contributed by atoms with Gasteiger partial charge in [0.2, 0.25) is 0 Å².